The van der Waals surface area contributed by atoms with E-state index in [4.69, 9.17) is 19.5 Å². The van der Waals surface area contributed by atoms with E-state index in [1.807, 2.05) is 6.07 Å². The lowest BCUT2D eigenvalue weighted by Crippen LogP contribution is -2.43. The molecule has 0 spiro atoms. The van der Waals surface area contributed by atoms with E-state index in [-0.39, 0.29) is 6.61 Å². The van der Waals surface area contributed by atoms with E-state index in [2.05, 4.69) is 10.9 Å². The molecule has 0 saturated heterocycles. The van der Waals surface area contributed by atoms with Crippen LogP contribution in [-0.4, -0.2) is 31.6 Å². The number of nitriles is 1. The third-order valence-corrected chi connectivity index (χ3v) is 3.68. The summed E-state index contributed by atoms with van der Waals surface area (Å²) in [5.41, 5.74) is 5.56. The molecule has 0 radical (unpaired) electrons. The summed E-state index contributed by atoms with van der Waals surface area (Å²) >= 11 is 0. The number of amides is 2. The lowest BCUT2D eigenvalue weighted by Gasteiger charge is -2.18. The second-order valence-corrected chi connectivity index (χ2v) is 5.67. The number of hydrazine groups is 1. The molecule has 2 aromatic carbocycles. The third kappa shape index (κ3) is 5.02. The number of carbonyl (C=O) groups excluding carboxylic acids is 2. The highest BCUT2D eigenvalue weighted by Gasteiger charge is 2.11. The molecule has 1 heterocycles. The number of hydrogen-bond donors (Lipinski definition) is 2. The number of fused-ring (bicyclic) bond motifs is 1. The first-order chi connectivity index (χ1) is 13.7. The van der Waals surface area contributed by atoms with Crippen molar-refractivity contribution in [1.29, 1.82) is 5.26 Å². The maximum absolute atomic E-state index is 11.8. The second kappa shape index (κ2) is 9.09. The van der Waals surface area contributed by atoms with Gasteiger partial charge in [0.25, 0.3) is 11.8 Å². The van der Waals surface area contributed by atoms with Gasteiger partial charge in [0, 0.05) is 6.08 Å². The van der Waals surface area contributed by atoms with E-state index in [1.54, 1.807) is 48.5 Å². The van der Waals surface area contributed by atoms with Crippen LogP contribution in [0.1, 0.15) is 11.1 Å². The molecule has 0 atom stereocenters. The van der Waals surface area contributed by atoms with E-state index >= 15 is 0 Å². The van der Waals surface area contributed by atoms with Gasteiger partial charge < -0.3 is 14.2 Å². The zero-order valence-electron chi connectivity index (χ0n) is 14.8. The van der Waals surface area contributed by atoms with E-state index in [0.717, 1.165) is 5.56 Å². The Labute approximate surface area is 161 Å². The van der Waals surface area contributed by atoms with Gasteiger partial charge in [-0.3, -0.25) is 20.4 Å². The molecular formula is C20H17N3O5. The quantitative estimate of drug-likeness (QED) is 0.603. The second-order valence-electron chi connectivity index (χ2n) is 5.67. The summed E-state index contributed by atoms with van der Waals surface area (Å²) in [5, 5.41) is 8.97. The van der Waals surface area contributed by atoms with Crippen molar-refractivity contribution in [2.45, 2.75) is 0 Å². The van der Waals surface area contributed by atoms with Crippen molar-refractivity contribution in [3.05, 3.63) is 59.7 Å². The minimum Gasteiger partial charge on any atom is -0.486 e. The summed E-state index contributed by atoms with van der Waals surface area (Å²) in [7, 11) is 0. The summed E-state index contributed by atoms with van der Waals surface area (Å²) in [6.07, 6.45) is 2.86. The van der Waals surface area contributed by atoms with Crippen LogP contribution in [-0.2, 0) is 9.59 Å². The Morgan fingerprint density at radius 3 is 2.71 bits per heavy atom. The Bertz CT molecular complexity index is 949. The smallest absolute Gasteiger partial charge is 0.276 e. The molecule has 2 N–H and O–H groups in total. The first-order valence-corrected chi connectivity index (χ1v) is 8.44. The number of carbonyl (C=O) groups is 2. The number of nitrogens with zero attached hydrogens (tertiary/aromatic N) is 1. The maximum atomic E-state index is 11.8. The molecule has 0 unspecified atom stereocenters. The van der Waals surface area contributed by atoms with Gasteiger partial charge in [0.2, 0.25) is 0 Å². The van der Waals surface area contributed by atoms with Gasteiger partial charge in [0.05, 0.1) is 5.56 Å². The largest absolute Gasteiger partial charge is 0.486 e. The van der Waals surface area contributed by atoms with Crippen LogP contribution in [0, 0.1) is 11.3 Å². The van der Waals surface area contributed by atoms with Gasteiger partial charge >= 0.3 is 0 Å². The first kappa shape index (κ1) is 18.8. The van der Waals surface area contributed by atoms with Crippen LogP contribution in [0.4, 0.5) is 0 Å². The third-order valence-electron chi connectivity index (χ3n) is 3.68. The monoisotopic (exact) mass is 379 g/mol. The Balaban J connectivity index is 1.45. The number of para-hydroxylation sites is 1. The normalized spacial score (nSPS) is 12.1. The van der Waals surface area contributed by atoms with Crippen LogP contribution < -0.4 is 25.1 Å². The fraction of sp³-hybridized carbons (Fsp3) is 0.150. The van der Waals surface area contributed by atoms with Crippen molar-refractivity contribution in [2.75, 3.05) is 19.8 Å². The predicted octanol–water partition coefficient (Wildman–Crippen LogP) is 1.57. The van der Waals surface area contributed by atoms with Crippen molar-refractivity contribution in [1.82, 2.24) is 10.9 Å². The van der Waals surface area contributed by atoms with Crippen LogP contribution in [0.5, 0.6) is 17.2 Å². The Hall–Kier alpha value is -3.99. The van der Waals surface area contributed by atoms with E-state index < -0.39 is 11.8 Å². The lowest BCUT2D eigenvalue weighted by atomic mass is 10.2. The highest BCUT2D eigenvalue weighted by molar-refractivity contribution is 5.93. The van der Waals surface area contributed by atoms with Gasteiger partial charge in [-0.2, -0.15) is 5.26 Å². The highest BCUT2D eigenvalue weighted by Crippen LogP contribution is 2.31. The van der Waals surface area contributed by atoms with E-state index in [1.165, 1.54) is 6.08 Å². The minimum atomic E-state index is -0.561. The Kier molecular flexibility index (Phi) is 6.10. The zero-order valence-corrected chi connectivity index (χ0v) is 14.8. The molecule has 2 aromatic rings. The standard InChI is InChI=1S/C20H17N3O5/c21-12-15-3-1-2-4-16(15)28-13-20(25)23-22-19(24)8-6-14-5-7-17-18(11-14)27-10-9-26-17/h1-8,11H,9-10,13H2,(H,22,24)(H,23,25)/b8-6+. The molecule has 8 heteroatoms. The van der Waals surface area contributed by atoms with Crippen molar-refractivity contribution in [3.63, 3.8) is 0 Å². The molecule has 0 saturated carbocycles. The molecule has 0 aromatic heterocycles. The molecular weight excluding hydrogens is 362 g/mol. The zero-order chi connectivity index (χ0) is 19.8. The van der Waals surface area contributed by atoms with Crippen molar-refractivity contribution in [3.8, 4) is 23.3 Å². The van der Waals surface area contributed by atoms with Crippen LogP contribution in [0.2, 0.25) is 0 Å². The molecule has 1 aliphatic rings. The summed E-state index contributed by atoms with van der Waals surface area (Å²) < 4.78 is 16.2. The number of hydrogen-bond acceptors (Lipinski definition) is 6. The number of rotatable bonds is 5. The molecule has 142 valence electrons. The van der Waals surface area contributed by atoms with Crippen LogP contribution in [0.15, 0.2) is 48.5 Å². The summed E-state index contributed by atoms with van der Waals surface area (Å²) in [6, 6.07) is 13.8. The van der Waals surface area contributed by atoms with Gasteiger partial charge in [0.15, 0.2) is 18.1 Å². The van der Waals surface area contributed by atoms with Crippen LogP contribution >= 0.6 is 0 Å². The van der Waals surface area contributed by atoms with Crippen LogP contribution in [0.3, 0.4) is 0 Å². The molecule has 28 heavy (non-hydrogen) atoms. The number of ether oxygens (including phenoxy) is 3. The van der Waals surface area contributed by atoms with Gasteiger partial charge in [-0.1, -0.05) is 18.2 Å². The summed E-state index contributed by atoms with van der Waals surface area (Å²) in [5.74, 6) is 0.509. The van der Waals surface area contributed by atoms with E-state index in [9.17, 15) is 9.59 Å². The molecule has 1 aliphatic heterocycles. The van der Waals surface area contributed by atoms with Crippen molar-refractivity contribution in [2.24, 2.45) is 0 Å². The lowest BCUT2D eigenvalue weighted by molar-refractivity contribution is -0.128. The molecule has 2 amide bonds. The summed E-state index contributed by atoms with van der Waals surface area (Å²) in [6.45, 7) is 0.647. The fourth-order valence-electron chi connectivity index (χ4n) is 2.37. The summed E-state index contributed by atoms with van der Waals surface area (Å²) in [4.78, 5) is 23.6. The maximum Gasteiger partial charge on any atom is 0.276 e. The number of benzene rings is 2. The number of nitrogens with one attached hydrogen (secondary N) is 2. The first-order valence-electron chi connectivity index (χ1n) is 8.44. The Morgan fingerprint density at radius 1 is 1.11 bits per heavy atom. The average Bonchev–Trinajstić information content (AvgIpc) is 2.74. The molecule has 8 nitrogen and oxygen atoms in total. The molecule has 0 aliphatic carbocycles. The van der Waals surface area contributed by atoms with Crippen LogP contribution in [0.25, 0.3) is 6.08 Å². The van der Waals surface area contributed by atoms with Gasteiger partial charge in [0.1, 0.15) is 25.0 Å². The predicted molar refractivity (Wildman–Crippen MR) is 99.4 cm³/mol. The average molecular weight is 379 g/mol. The minimum absolute atomic E-state index is 0.296. The van der Waals surface area contributed by atoms with Gasteiger partial charge in [-0.25, -0.2) is 0 Å². The Morgan fingerprint density at radius 2 is 1.89 bits per heavy atom. The highest BCUT2D eigenvalue weighted by atomic mass is 16.6. The van der Waals surface area contributed by atoms with E-state index in [0.29, 0.717) is 36.0 Å². The molecule has 0 bridgehead atoms. The van der Waals surface area contributed by atoms with Crippen molar-refractivity contribution < 1.29 is 23.8 Å². The SMILES string of the molecule is N#Cc1ccccc1OCC(=O)NNC(=O)/C=C/c1ccc2c(c1)OCCO2. The fourth-order valence-corrected chi connectivity index (χ4v) is 2.37. The molecule has 3 rings (SSSR count). The van der Waals surface area contributed by atoms with Gasteiger partial charge in [-0.15, -0.1) is 0 Å². The van der Waals surface area contributed by atoms with Crippen molar-refractivity contribution >= 4 is 17.9 Å². The molecule has 0 fully saturated rings. The topological polar surface area (TPSA) is 110 Å². The van der Waals surface area contributed by atoms with Gasteiger partial charge in [-0.05, 0) is 35.9 Å².